The first-order valence-electron chi connectivity index (χ1n) is 6.66. The molecule has 19 heavy (non-hydrogen) atoms. The van der Waals surface area contributed by atoms with Gasteiger partial charge in [0.2, 0.25) is 5.95 Å². The van der Waals surface area contributed by atoms with Crippen molar-refractivity contribution in [2.45, 2.75) is 32.2 Å². The van der Waals surface area contributed by atoms with Crippen LogP contribution in [0.4, 0.5) is 5.95 Å². The summed E-state index contributed by atoms with van der Waals surface area (Å²) < 4.78 is 15.4. The summed E-state index contributed by atoms with van der Waals surface area (Å²) >= 11 is 0. The Morgan fingerprint density at radius 3 is 2.74 bits per heavy atom. The number of nitrogens with two attached hydrogens (primary N) is 1. The summed E-state index contributed by atoms with van der Waals surface area (Å²) in [6, 6.07) is 0.294. The zero-order valence-corrected chi connectivity index (χ0v) is 12.1. The molecule has 7 heteroatoms. The molecule has 0 radical (unpaired) electrons. The lowest BCUT2D eigenvalue weighted by atomic mass is 10.1. The number of aryl methyl sites for hydroxylation is 2. The number of hydrogen-bond donors (Lipinski definition) is 1. The van der Waals surface area contributed by atoms with Gasteiger partial charge in [-0.15, -0.1) is 0 Å². The summed E-state index contributed by atoms with van der Waals surface area (Å²) in [5, 5.41) is 4.50. The Bertz CT molecular complexity index is 634. The van der Waals surface area contributed by atoms with E-state index in [1.807, 2.05) is 11.7 Å². The lowest BCUT2D eigenvalue weighted by Crippen LogP contribution is -2.23. The summed E-state index contributed by atoms with van der Waals surface area (Å²) in [4.78, 5) is 4.48. The highest BCUT2D eigenvalue weighted by Crippen LogP contribution is 2.30. The number of nitrogen functional groups attached to an aromatic ring is 1. The number of nitrogens with zero attached hydrogens (tertiary/aromatic N) is 4. The van der Waals surface area contributed by atoms with Gasteiger partial charge in [0, 0.05) is 35.4 Å². The lowest BCUT2D eigenvalue weighted by Gasteiger charge is -2.24. The molecule has 6 nitrogen and oxygen atoms in total. The van der Waals surface area contributed by atoms with Gasteiger partial charge in [0.15, 0.2) is 5.65 Å². The molecule has 2 N–H and O–H groups in total. The molecule has 0 bridgehead atoms. The quantitative estimate of drug-likeness (QED) is 0.890. The third-order valence-corrected chi connectivity index (χ3v) is 5.20. The van der Waals surface area contributed by atoms with Crippen LogP contribution in [0.25, 0.3) is 11.2 Å². The van der Waals surface area contributed by atoms with Crippen molar-refractivity contribution < 1.29 is 4.21 Å². The van der Waals surface area contributed by atoms with Gasteiger partial charge in [-0.3, -0.25) is 13.5 Å². The Balaban J connectivity index is 2.10. The number of imidazole rings is 1. The van der Waals surface area contributed by atoms with E-state index in [9.17, 15) is 4.21 Å². The molecule has 3 rings (SSSR count). The van der Waals surface area contributed by atoms with Gasteiger partial charge in [-0.1, -0.05) is 6.92 Å². The van der Waals surface area contributed by atoms with E-state index in [0.29, 0.717) is 12.0 Å². The van der Waals surface area contributed by atoms with E-state index in [-0.39, 0.29) is 0 Å². The molecule has 2 aromatic heterocycles. The number of rotatable bonds is 2. The van der Waals surface area contributed by atoms with Gasteiger partial charge >= 0.3 is 0 Å². The third kappa shape index (κ3) is 1.96. The van der Waals surface area contributed by atoms with Crippen molar-refractivity contribution in [2.75, 3.05) is 17.2 Å². The average Bonchev–Trinajstić information content (AvgIpc) is 2.88. The summed E-state index contributed by atoms with van der Waals surface area (Å²) in [5.41, 5.74) is 8.98. The molecule has 0 unspecified atom stereocenters. The van der Waals surface area contributed by atoms with Gasteiger partial charge in [0.05, 0.1) is 5.69 Å². The van der Waals surface area contributed by atoms with Gasteiger partial charge in [0.25, 0.3) is 0 Å². The van der Waals surface area contributed by atoms with Crippen molar-refractivity contribution in [1.82, 2.24) is 19.3 Å². The molecule has 1 fully saturated rings. The van der Waals surface area contributed by atoms with Crippen molar-refractivity contribution >= 4 is 27.9 Å². The van der Waals surface area contributed by atoms with Crippen molar-refractivity contribution in [3.63, 3.8) is 0 Å². The Morgan fingerprint density at radius 1 is 1.42 bits per heavy atom. The van der Waals surface area contributed by atoms with Crippen LogP contribution in [0.3, 0.4) is 0 Å². The van der Waals surface area contributed by atoms with Crippen molar-refractivity contribution in [3.05, 3.63) is 5.69 Å². The van der Waals surface area contributed by atoms with Crippen LogP contribution in [0.5, 0.6) is 0 Å². The molecule has 3 heterocycles. The first-order chi connectivity index (χ1) is 9.11. The van der Waals surface area contributed by atoms with Gasteiger partial charge in [0.1, 0.15) is 5.52 Å². The van der Waals surface area contributed by atoms with Crippen LogP contribution in [-0.4, -0.2) is 35.0 Å². The number of anilines is 1. The Kier molecular flexibility index (Phi) is 3.08. The maximum absolute atomic E-state index is 11.5. The molecule has 1 aliphatic rings. The van der Waals surface area contributed by atoms with Crippen LogP contribution in [0.15, 0.2) is 0 Å². The molecule has 0 amide bonds. The second-order valence-electron chi connectivity index (χ2n) is 5.02. The van der Waals surface area contributed by atoms with Crippen LogP contribution < -0.4 is 5.73 Å². The molecule has 1 aliphatic heterocycles. The van der Waals surface area contributed by atoms with Gasteiger partial charge < -0.3 is 5.73 Å². The molecule has 0 saturated carbocycles. The van der Waals surface area contributed by atoms with E-state index in [0.717, 1.165) is 47.6 Å². The number of fused-ring (bicyclic) bond motifs is 1. The molecule has 0 aromatic carbocycles. The van der Waals surface area contributed by atoms with Gasteiger partial charge in [-0.2, -0.15) is 5.10 Å². The van der Waals surface area contributed by atoms with Crippen molar-refractivity contribution in [3.8, 4) is 0 Å². The molecule has 0 aliphatic carbocycles. The first-order valence-corrected chi connectivity index (χ1v) is 8.14. The predicted octanol–water partition coefficient (Wildman–Crippen LogP) is 0.998. The fourth-order valence-electron chi connectivity index (χ4n) is 2.86. The highest BCUT2D eigenvalue weighted by atomic mass is 32.2. The molecular weight excluding hydrogens is 262 g/mol. The van der Waals surface area contributed by atoms with E-state index in [1.54, 1.807) is 0 Å². The van der Waals surface area contributed by atoms with Crippen LogP contribution in [0.1, 0.15) is 31.5 Å². The SMILES string of the molecule is CCc1nn(C)c2c1nc(N)n2C1CCS(=O)CC1. The van der Waals surface area contributed by atoms with E-state index in [4.69, 9.17) is 5.73 Å². The Hall–Kier alpha value is -1.37. The fourth-order valence-corrected chi connectivity index (χ4v) is 4.13. The number of hydrogen-bond acceptors (Lipinski definition) is 4. The van der Waals surface area contributed by atoms with E-state index >= 15 is 0 Å². The second-order valence-corrected chi connectivity index (χ2v) is 6.71. The van der Waals surface area contributed by atoms with Crippen LogP contribution in [0, 0.1) is 0 Å². The van der Waals surface area contributed by atoms with Crippen LogP contribution in [0.2, 0.25) is 0 Å². The standard InChI is InChI=1S/C12H19N5OS/c1-3-9-10-11(16(2)15-9)17(12(13)14-10)8-4-6-19(18)7-5-8/h8H,3-7H2,1-2H3,(H2,13,14). The average molecular weight is 281 g/mol. The van der Waals surface area contributed by atoms with Crippen molar-refractivity contribution in [2.24, 2.45) is 7.05 Å². The number of aromatic nitrogens is 4. The molecule has 0 atom stereocenters. The highest BCUT2D eigenvalue weighted by molar-refractivity contribution is 7.85. The molecular formula is C12H19N5OS. The third-order valence-electron chi connectivity index (χ3n) is 3.82. The summed E-state index contributed by atoms with van der Waals surface area (Å²) in [6.45, 7) is 2.07. The predicted molar refractivity (Wildman–Crippen MR) is 76.4 cm³/mol. The minimum atomic E-state index is -0.662. The zero-order valence-electron chi connectivity index (χ0n) is 11.3. The topological polar surface area (TPSA) is 78.7 Å². The van der Waals surface area contributed by atoms with E-state index < -0.39 is 10.8 Å². The molecule has 2 aromatic rings. The maximum Gasteiger partial charge on any atom is 0.202 e. The Labute approximate surface area is 114 Å². The first kappa shape index (κ1) is 12.7. The Morgan fingerprint density at radius 2 is 2.11 bits per heavy atom. The molecule has 1 saturated heterocycles. The lowest BCUT2D eigenvalue weighted by molar-refractivity contribution is 0.470. The fraction of sp³-hybridized carbons (Fsp3) is 0.667. The maximum atomic E-state index is 11.5. The monoisotopic (exact) mass is 281 g/mol. The van der Waals surface area contributed by atoms with Crippen LogP contribution in [-0.2, 0) is 24.3 Å². The minimum absolute atomic E-state index is 0.294. The van der Waals surface area contributed by atoms with Gasteiger partial charge in [-0.25, -0.2) is 4.98 Å². The van der Waals surface area contributed by atoms with E-state index in [1.165, 1.54) is 0 Å². The summed E-state index contributed by atoms with van der Waals surface area (Å²) in [5.74, 6) is 2.06. The minimum Gasteiger partial charge on any atom is -0.369 e. The normalized spacial score (nSPS) is 24.1. The van der Waals surface area contributed by atoms with E-state index in [2.05, 4.69) is 21.6 Å². The largest absolute Gasteiger partial charge is 0.369 e. The molecule has 0 spiro atoms. The van der Waals surface area contributed by atoms with Gasteiger partial charge in [-0.05, 0) is 19.3 Å². The summed E-state index contributed by atoms with van der Waals surface area (Å²) in [7, 11) is 1.27. The smallest absolute Gasteiger partial charge is 0.202 e. The highest BCUT2D eigenvalue weighted by Gasteiger charge is 2.26. The molecule has 104 valence electrons. The zero-order chi connectivity index (χ0) is 13.6. The van der Waals surface area contributed by atoms with Crippen LogP contribution >= 0.6 is 0 Å². The second kappa shape index (κ2) is 4.63. The summed E-state index contributed by atoms with van der Waals surface area (Å²) in [6.07, 6.45) is 2.65. The van der Waals surface area contributed by atoms with Crippen molar-refractivity contribution in [1.29, 1.82) is 0 Å².